The van der Waals surface area contributed by atoms with Crippen molar-refractivity contribution < 1.29 is 18.0 Å². The second-order valence-corrected chi connectivity index (χ2v) is 6.20. The lowest BCUT2D eigenvalue weighted by Crippen LogP contribution is -2.31. The van der Waals surface area contributed by atoms with E-state index >= 15 is 0 Å². The number of aromatic nitrogens is 4. The fourth-order valence-electron chi connectivity index (χ4n) is 3.07. The van der Waals surface area contributed by atoms with Crippen LogP contribution in [0.4, 0.5) is 13.2 Å². The summed E-state index contributed by atoms with van der Waals surface area (Å²) < 4.78 is 40.5. The Hall–Kier alpha value is -2.97. The van der Waals surface area contributed by atoms with Crippen LogP contribution >= 0.6 is 0 Å². The van der Waals surface area contributed by atoms with Gasteiger partial charge in [-0.1, -0.05) is 13.0 Å². The molecule has 6 nitrogen and oxygen atoms in total. The molecule has 3 rings (SSSR count). The number of aryl methyl sites for hydroxylation is 1. The van der Waals surface area contributed by atoms with Gasteiger partial charge in [0.2, 0.25) is 0 Å². The zero-order valence-electron chi connectivity index (χ0n) is 15.0. The Balaban J connectivity index is 2.04. The van der Waals surface area contributed by atoms with Gasteiger partial charge in [0.25, 0.3) is 5.91 Å². The molecule has 0 aliphatic heterocycles. The molecule has 0 bridgehead atoms. The van der Waals surface area contributed by atoms with Crippen LogP contribution in [-0.2, 0) is 6.18 Å². The van der Waals surface area contributed by atoms with Gasteiger partial charge in [-0.15, -0.1) is 0 Å². The first kappa shape index (κ1) is 18.8. The number of hydrogen-bond donors (Lipinski definition) is 0. The molecule has 3 heterocycles. The Morgan fingerprint density at radius 3 is 2.67 bits per heavy atom. The number of amides is 1. The first-order valence-electron chi connectivity index (χ1n) is 8.33. The summed E-state index contributed by atoms with van der Waals surface area (Å²) in [6.07, 6.45) is 0.442. The molecule has 0 aliphatic carbocycles. The molecule has 1 atom stereocenters. The molecule has 0 spiro atoms. The van der Waals surface area contributed by atoms with Crippen molar-refractivity contribution in [3.05, 3.63) is 59.3 Å². The largest absolute Gasteiger partial charge is 0.433 e. The first-order chi connectivity index (χ1) is 12.7. The zero-order chi connectivity index (χ0) is 19.8. The smallest absolute Gasteiger partial charge is 0.334 e. The summed E-state index contributed by atoms with van der Waals surface area (Å²) in [5, 5.41) is 3.76. The minimum Gasteiger partial charge on any atom is -0.334 e. The van der Waals surface area contributed by atoms with Crippen molar-refractivity contribution in [3.8, 4) is 0 Å². The van der Waals surface area contributed by atoms with Crippen LogP contribution in [0.3, 0.4) is 0 Å². The quantitative estimate of drug-likeness (QED) is 0.696. The SMILES string of the molecule is CCC(c1cccnc1)N(C)C(=O)c1cnn2c(C(F)(F)F)cc(C)nc12. The van der Waals surface area contributed by atoms with Gasteiger partial charge in [0.1, 0.15) is 11.3 Å². The normalized spacial score (nSPS) is 13.0. The number of rotatable bonds is 4. The van der Waals surface area contributed by atoms with Crippen molar-refractivity contribution in [2.24, 2.45) is 0 Å². The summed E-state index contributed by atoms with van der Waals surface area (Å²) in [5.74, 6) is -0.452. The summed E-state index contributed by atoms with van der Waals surface area (Å²) >= 11 is 0. The lowest BCUT2D eigenvalue weighted by Gasteiger charge is -2.27. The van der Waals surface area contributed by atoms with Gasteiger partial charge in [-0.05, 0) is 31.0 Å². The molecule has 0 N–H and O–H groups in total. The molecular formula is C18H18F3N5O. The van der Waals surface area contributed by atoms with E-state index < -0.39 is 17.8 Å². The van der Waals surface area contributed by atoms with Gasteiger partial charge in [-0.2, -0.15) is 18.3 Å². The number of carbonyl (C=O) groups is 1. The maximum atomic E-state index is 13.3. The van der Waals surface area contributed by atoms with Crippen LogP contribution in [0.1, 0.15) is 46.7 Å². The number of halogens is 3. The molecular weight excluding hydrogens is 359 g/mol. The Morgan fingerprint density at radius 2 is 2.07 bits per heavy atom. The third-order valence-corrected chi connectivity index (χ3v) is 4.36. The van der Waals surface area contributed by atoms with Crippen LogP contribution < -0.4 is 0 Å². The van der Waals surface area contributed by atoms with E-state index in [2.05, 4.69) is 15.1 Å². The third-order valence-electron chi connectivity index (χ3n) is 4.36. The fraction of sp³-hybridized carbons (Fsp3) is 0.333. The van der Waals surface area contributed by atoms with Gasteiger partial charge in [0.15, 0.2) is 5.65 Å². The van der Waals surface area contributed by atoms with Gasteiger partial charge in [0, 0.05) is 25.1 Å². The van der Waals surface area contributed by atoms with Gasteiger partial charge in [-0.3, -0.25) is 9.78 Å². The van der Waals surface area contributed by atoms with Crippen molar-refractivity contribution in [2.75, 3.05) is 7.05 Å². The minimum absolute atomic E-state index is 0.0223. The van der Waals surface area contributed by atoms with Crippen LogP contribution in [0.15, 0.2) is 36.8 Å². The highest BCUT2D eigenvalue weighted by Gasteiger charge is 2.36. The van der Waals surface area contributed by atoms with E-state index in [1.165, 1.54) is 11.8 Å². The van der Waals surface area contributed by atoms with Crippen LogP contribution in [0.2, 0.25) is 0 Å². The van der Waals surface area contributed by atoms with Crippen LogP contribution in [0.25, 0.3) is 5.65 Å². The zero-order valence-corrected chi connectivity index (χ0v) is 15.0. The summed E-state index contributed by atoms with van der Waals surface area (Å²) in [5.41, 5.74) is -0.0565. The van der Waals surface area contributed by atoms with E-state index in [1.54, 1.807) is 25.5 Å². The molecule has 0 fully saturated rings. The average Bonchev–Trinajstić information content (AvgIpc) is 3.04. The highest BCUT2D eigenvalue weighted by atomic mass is 19.4. The van der Waals surface area contributed by atoms with Crippen molar-refractivity contribution in [1.82, 2.24) is 24.5 Å². The van der Waals surface area contributed by atoms with E-state index in [4.69, 9.17) is 0 Å². The molecule has 1 amide bonds. The van der Waals surface area contributed by atoms with Gasteiger partial charge >= 0.3 is 6.18 Å². The average molecular weight is 377 g/mol. The van der Waals surface area contributed by atoms with Crippen molar-refractivity contribution in [1.29, 1.82) is 0 Å². The topological polar surface area (TPSA) is 63.4 Å². The molecule has 27 heavy (non-hydrogen) atoms. The molecule has 0 aromatic carbocycles. The summed E-state index contributed by atoms with van der Waals surface area (Å²) in [7, 11) is 1.60. The number of pyridine rings is 1. The number of carbonyl (C=O) groups excluding carboxylic acids is 1. The van der Waals surface area contributed by atoms with E-state index in [0.717, 1.165) is 17.8 Å². The summed E-state index contributed by atoms with van der Waals surface area (Å²) in [4.78, 5) is 22.7. The molecule has 3 aromatic rings. The van der Waals surface area contributed by atoms with E-state index in [-0.39, 0.29) is 22.9 Å². The highest BCUT2D eigenvalue weighted by molar-refractivity contribution is 5.99. The Labute approximate surface area is 153 Å². The van der Waals surface area contributed by atoms with Crippen molar-refractivity contribution in [2.45, 2.75) is 32.5 Å². The van der Waals surface area contributed by atoms with Crippen LogP contribution in [-0.4, -0.2) is 37.4 Å². The van der Waals surface area contributed by atoms with Crippen LogP contribution in [0.5, 0.6) is 0 Å². The number of hydrogen-bond acceptors (Lipinski definition) is 4. The number of fused-ring (bicyclic) bond motifs is 1. The van der Waals surface area contributed by atoms with Crippen molar-refractivity contribution in [3.63, 3.8) is 0 Å². The fourth-order valence-corrected chi connectivity index (χ4v) is 3.07. The lowest BCUT2D eigenvalue weighted by atomic mass is 10.0. The third kappa shape index (κ3) is 3.49. The van der Waals surface area contributed by atoms with E-state index in [0.29, 0.717) is 10.9 Å². The molecule has 9 heteroatoms. The van der Waals surface area contributed by atoms with Crippen LogP contribution in [0, 0.1) is 6.92 Å². The number of alkyl halides is 3. The second-order valence-electron chi connectivity index (χ2n) is 6.20. The maximum Gasteiger partial charge on any atom is 0.433 e. The van der Waals surface area contributed by atoms with Gasteiger partial charge < -0.3 is 4.90 Å². The minimum atomic E-state index is -4.61. The summed E-state index contributed by atoms with van der Waals surface area (Å²) in [6.45, 7) is 3.37. The van der Waals surface area contributed by atoms with Gasteiger partial charge in [0.05, 0.1) is 12.2 Å². The predicted molar refractivity (Wildman–Crippen MR) is 92.1 cm³/mol. The molecule has 0 aliphatic rings. The molecule has 0 radical (unpaired) electrons. The first-order valence-corrected chi connectivity index (χ1v) is 8.33. The maximum absolute atomic E-state index is 13.3. The number of nitrogens with zero attached hydrogens (tertiary/aromatic N) is 5. The Bertz CT molecular complexity index is 968. The summed E-state index contributed by atoms with van der Waals surface area (Å²) in [6, 6.07) is 4.26. The highest BCUT2D eigenvalue weighted by Crippen LogP contribution is 2.31. The molecule has 3 aromatic heterocycles. The van der Waals surface area contributed by atoms with Gasteiger partial charge in [-0.25, -0.2) is 9.50 Å². The standard InChI is InChI=1S/C18H18F3N5O/c1-4-14(12-6-5-7-22-9-12)25(3)17(27)13-10-23-26-15(18(19,20)21)8-11(2)24-16(13)26/h5-10,14H,4H2,1-3H3. The second kappa shape index (κ2) is 6.98. The Kier molecular flexibility index (Phi) is 4.86. The molecule has 1 unspecified atom stereocenters. The lowest BCUT2D eigenvalue weighted by molar-refractivity contribution is -0.142. The molecule has 142 valence electrons. The molecule has 0 saturated carbocycles. The Morgan fingerprint density at radius 1 is 1.33 bits per heavy atom. The monoisotopic (exact) mass is 377 g/mol. The van der Waals surface area contributed by atoms with E-state index in [1.807, 2.05) is 13.0 Å². The van der Waals surface area contributed by atoms with Crippen molar-refractivity contribution >= 4 is 11.6 Å². The predicted octanol–water partition coefficient (Wildman–Crippen LogP) is 3.67. The van der Waals surface area contributed by atoms with E-state index in [9.17, 15) is 18.0 Å². The molecule has 0 saturated heterocycles.